The van der Waals surface area contributed by atoms with Gasteiger partial charge >= 0.3 is 0 Å². The van der Waals surface area contributed by atoms with E-state index in [0.717, 1.165) is 5.39 Å². The molecule has 1 aromatic carbocycles. The predicted molar refractivity (Wildman–Crippen MR) is 51.2 cm³/mol. The highest BCUT2D eigenvalue weighted by atomic mass is 35.5. The number of carbonyl (C=O) groups is 1. The van der Waals surface area contributed by atoms with E-state index in [1.165, 1.54) is 6.92 Å². The first-order valence-electron chi connectivity index (χ1n) is 3.87. The summed E-state index contributed by atoms with van der Waals surface area (Å²) in [6.45, 7) is 1.52. The van der Waals surface area contributed by atoms with Gasteiger partial charge in [-0.2, -0.15) is 0 Å². The van der Waals surface area contributed by atoms with Crippen LogP contribution in [0.5, 0.6) is 0 Å². The Kier molecular flexibility index (Phi) is 1.85. The van der Waals surface area contributed by atoms with Crippen LogP contribution in [0.4, 0.5) is 0 Å². The second-order valence-electron chi connectivity index (χ2n) is 2.82. The molecule has 1 aromatic heterocycles. The molecule has 0 radical (unpaired) electrons. The second kappa shape index (κ2) is 2.89. The number of Topliss-reactive ketones (excluding diaryl/α,β-unsaturated/α-hetero) is 1. The van der Waals surface area contributed by atoms with Crippen LogP contribution in [0.25, 0.3) is 11.0 Å². The Balaban J connectivity index is 2.82. The lowest BCUT2D eigenvalue weighted by Crippen LogP contribution is -1.90. The maximum atomic E-state index is 11.2. The predicted octanol–water partition coefficient (Wildman–Crippen LogP) is 3.29. The van der Waals surface area contributed by atoms with E-state index in [1.807, 2.05) is 0 Å². The van der Waals surface area contributed by atoms with Crippen molar-refractivity contribution in [2.75, 3.05) is 0 Å². The van der Waals surface area contributed by atoms with Gasteiger partial charge in [0.2, 0.25) is 0 Å². The Bertz CT molecular complexity index is 471. The summed E-state index contributed by atoms with van der Waals surface area (Å²) >= 11 is 5.68. The van der Waals surface area contributed by atoms with E-state index >= 15 is 0 Å². The summed E-state index contributed by atoms with van der Waals surface area (Å²) in [4.78, 5) is 11.2. The van der Waals surface area contributed by atoms with Crippen molar-refractivity contribution in [1.82, 2.24) is 0 Å². The molecule has 0 saturated heterocycles. The number of benzene rings is 1. The number of hydrogen-bond acceptors (Lipinski definition) is 2. The van der Waals surface area contributed by atoms with Crippen molar-refractivity contribution >= 4 is 28.4 Å². The fourth-order valence-corrected chi connectivity index (χ4v) is 1.53. The van der Waals surface area contributed by atoms with E-state index in [0.29, 0.717) is 16.4 Å². The first-order chi connectivity index (χ1) is 6.18. The normalized spacial score (nSPS) is 10.6. The van der Waals surface area contributed by atoms with Crippen molar-refractivity contribution in [2.45, 2.75) is 6.92 Å². The minimum Gasteiger partial charge on any atom is -0.445 e. The third kappa shape index (κ3) is 1.33. The van der Waals surface area contributed by atoms with Gasteiger partial charge < -0.3 is 4.42 Å². The Morgan fingerprint density at radius 1 is 1.46 bits per heavy atom. The summed E-state index contributed by atoms with van der Waals surface area (Å²) in [5.74, 6) is 0.0167. The molecule has 0 N–H and O–H groups in total. The second-order valence-corrected chi connectivity index (χ2v) is 3.20. The van der Waals surface area contributed by atoms with Crippen molar-refractivity contribution in [1.29, 1.82) is 0 Å². The van der Waals surface area contributed by atoms with Gasteiger partial charge in [0.05, 0.1) is 0 Å². The molecule has 0 spiro atoms. The molecule has 3 heteroatoms. The van der Waals surface area contributed by atoms with Crippen LogP contribution >= 0.6 is 11.6 Å². The maximum absolute atomic E-state index is 11.2. The van der Waals surface area contributed by atoms with Crippen LogP contribution in [0, 0.1) is 0 Å². The average Bonchev–Trinajstić information content (AvgIpc) is 2.43. The van der Waals surface area contributed by atoms with Crippen LogP contribution < -0.4 is 0 Å². The maximum Gasteiger partial charge on any atom is 0.194 e. The monoisotopic (exact) mass is 194 g/mol. The summed E-state index contributed by atoms with van der Waals surface area (Å²) in [5, 5.41) is 1.09. The fraction of sp³-hybridized carbons (Fsp3) is 0.100. The first-order valence-corrected chi connectivity index (χ1v) is 4.25. The van der Waals surface area contributed by atoms with E-state index in [2.05, 4.69) is 0 Å². The Hall–Kier alpha value is -1.28. The van der Waals surface area contributed by atoms with Gasteiger partial charge in [0, 0.05) is 17.0 Å². The lowest BCUT2D eigenvalue weighted by molar-refractivity contribution is 0.101. The van der Waals surface area contributed by atoms with Crippen molar-refractivity contribution in [3.05, 3.63) is 35.0 Å². The molecular weight excluding hydrogens is 188 g/mol. The molecule has 1 heterocycles. The summed E-state index contributed by atoms with van der Waals surface area (Å²) in [6, 6.07) is 6.98. The Labute approximate surface area is 80.1 Å². The van der Waals surface area contributed by atoms with Crippen LogP contribution in [0.1, 0.15) is 17.3 Å². The minimum absolute atomic E-state index is 0.0167. The van der Waals surface area contributed by atoms with Gasteiger partial charge in [-0.15, -0.1) is 0 Å². The van der Waals surface area contributed by atoms with E-state index in [-0.39, 0.29) is 5.78 Å². The van der Waals surface area contributed by atoms with Crippen molar-refractivity contribution < 1.29 is 9.21 Å². The molecule has 0 aliphatic rings. The van der Waals surface area contributed by atoms with Crippen LogP contribution in [-0.4, -0.2) is 5.78 Å². The number of carbonyl (C=O) groups excluding carboxylic acids is 1. The quantitative estimate of drug-likeness (QED) is 0.652. The van der Waals surface area contributed by atoms with Crippen LogP contribution in [0.3, 0.4) is 0 Å². The number of hydrogen-bond donors (Lipinski definition) is 0. The van der Waals surface area contributed by atoms with E-state index in [4.69, 9.17) is 16.0 Å². The standard InChI is InChI=1S/C10H7ClO2/c1-6(12)7-3-2-4-9-8(7)5-10(11)13-9/h2-5H,1H3. The molecule has 0 saturated carbocycles. The smallest absolute Gasteiger partial charge is 0.194 e. The molecule has 0 unspecified atom stereocenters. The number of furan rings is 1. The Morgan fingerprint density at radius 2 is 2.23 bits per heavy atom. The van der Waals surface area contributed by atoms with Crippen molar-refractivity contribution in [3.8, 4) is 0 Å². The van der Waals surface area contributed by atoms with E-state index in [9.17, 15) is 4.79 Å². The van der Waals surface area contributed by atoms with Gasteiger partial charge in [-0.05, 0) is 24.6 Å². The fourth-order valence-electron chi connectivity index (χ4n) is 1.34. The lowest BCUT2D eigenvalue weighted by Gasteiger charge is -1.94. The lowest BCUT2D eigenvalue weighted by atomic mass is 10.1. The van der Waals surface area contributed by atoms with Crippen LogP contribution in [0.15, 0.2) is 28.7 Å². The summed E-state index contributed by atoms with van der Waals surface area (Å²) < 4.78 is 5.17. The summed E-state index contributed by atoms with van der Waals surface area (Å²) in [7, 11) is 0. The highest BCUT2D eigenvalue weighted by molar-refractivity contribution is 6.30. The van der Waals surface area contributed by atoms with Gasteiger partial charge in [-0.25, -0.2) is 0 Å². The third-order valence-corrected chi connectivity index (χ3v) is 2.10. The van der Waals surface area contributed by atoms with Gasteiger partial charge in [-0.3, -0.25) is 4.79 Å². The SMILES string of the molecule is CC(=O)c1cccc2oc(Cl)cc12. The molecule has 2 rings (SSSR count). The third-order valence-electron chi connectivity index (χ3n) is 1.91. The number of ketones is 1. The minimum atomic E-state index is 0.0167. The highest BCUT2D eigenvalue weighted by Gasteiger charge is 2.08. The summed E-state index contributed by atoms with van der Waals surface area (Å²) in [5.41, 5.74) is 1.30. The molecule has 66 valence electrons. The van der Waals surface area contributed by atoms with Gasteiger partial charge in [0.1, 0.15) is 5.58 Å². The zero-order chi connectivity index (χ0) is 9.42. The molecule has 13 heavy (non-hydrogen) atoms. The van der Waals surface area contributed by atoms with E-state index < -0.39 is 0 Å². The van der Waals surface area contributed by atoms with Crippen molar-refractivity contribution in [3.63, 3.8) is 0 Å². The molecule has 0 fully saturated rings. The largest absolute Gasteiger partial charge is 0.445 e. The first kappa shape index (κ1) is 8.32. The highest BCUT2D eigenvalue weighted by Crippen LogP contribution is 2.25. The molecular formula is C10H7ClO2. The molecule has 0 amide bonds. The average molecular weight is 195 g/mol. The number of halogens is 1. The van der Waals surface area contributed by atoms with Gasteiger partial charge in [-0.1, -0.05) is 12.1 Å². The number of fused-ring (bicyclic) bond motifs is 1. The molecule has 2 aromatic rings. The van der Waals surface area contributed by atoms with Gasteiger partial charge in [0.15, 0.2) is 11.0 Å². The zero-order valence-electron chi connectivity index (χ0n) is 7.00. The molecule has 0 aliphatic carbocycles. The molecule has 0 bridgehead atoms. The van der Waals surface area contributed by atoms with E-state index in [1.54, 1.807) is 24.3 Å². The van der Waals surface area contributed by atoms with Crippen LogP contribution in [-0.2, 0) is 0 Å². The molecule has 0 aliphatic heterocycles. The topological polar surface area (TPSA) is 30.2 Å². The summed E-state index contributed by atoms with van der Waals surface area (Å²) in [6.07, 6.45) is 0. The molecule has 2 nitrogen and oxygen atoms in total. The zero-order valence-corrected chi connectivity index (χ0v) is 7.76. The van der Waals surface area contributed by atoms with Crippen molar-refractivity contribution in [2.24, 2.45) is 0 Å². The van der Waals surface area contributed by atoms with Crippen LogP contribution in [0.2, 0.25) is 5.22 Å². The number of rotatable bonds is 1. The molecule has 0 atom stereocenters. The Morgan fingerprint density at radius 3 is 2.92 bits per heavy atom. The van der Waals surface area contributed by atoms with Gasteiger partial charge in [0.25, 0.3) is 0 Å².